The van der Waals surface area contributed by atoms with Crippen molar-refractivity contribution >= 4 is 39.2 Å². The third kappa shape index (κ3) is 2.34. The molecule has 3 heteroatoms. The van der Waals surface area contributed by atoms with Crippen LogP contribution in [0.4, 0.5) is 5.69 Å². The molecule has 0 atom stereocenters. The van der Waals surface area contributed by atoms with Gasteiger partial charge in [-0.1, -0.05) is 39.7 Å². The van der Waals surface area contributed by atoms with Gasteiger partial charge in [0, 0.05) is 21.3 Å². The summed E-state index contributed by atoms with van der Waals surface area (Å²) in [6.07, 6.45) is 1.92. The molecule has 1 aliphatic rings. The van der Waals surface area contributed by atoms with Gasteiger partial charge in [-0.15, -0.1) is 0 Å². The van der Waals surface area contributed by atoms with E-state index in [0.717, 1.165) is 32.4 Å². The van der Waals surface area contributed by atoms with Gasteiger partial charge in [-0.2, -0.15) is 0 Å². The maximum absolute atomic E-state index is 12.0. The van der Waals surface area contributed by atoms with Crippen molar-refractivity contribution in [3.8, 4) is 0 Å². The Morgan fingerprint density at radius 3 is 2.58 bits per heavy atom. The number of hydrogen-bond donors (Lipinski definition) is 1. The van der Waals surface area contributed by atoms with Crippen molar-refractivity contribution in [2.24, 2.45) is 0 Å². The first kappa shape index (κ1) is 12.2. The van der Waals surface area contributed by atoms with E-state index in [2.05, 4.69) is 21.2 Å². The van der Waals surface area contributed by atoms with E-state index < -0.39 is 0 Å². The molecule has 1 heterocycles. The van der Waals surface area contributed by atoms with Gasteiger partial charge in [0.2, 0.25) is 0 Å². The molecule has 1 amide bonds. The molecule has 2 aromatic carbocycles. The Morgan fingerprint density at radius 2 is 1.84 bits per heavy atom. The number of anilines is 1. The van der Waals surface area contributed by atoms with E-state index in [4.69, 9.17) is 0 Å². The first-order valence-electron chi connectivity index (χ1n) is 6.03. The summed E-state index contributed by atoms with van der Waals surface area (Å²) in [6.45, 7) is 2.03. The molecule has 3 rings (SSSR count). The normalized spacial score (nSPS) is 15.5. The third-order valence-electron chi connectivity index (χ3n) is 3.14. The van der Waals surface area contributed by atoms with Crippen molar-refractivity contribution in [1.29, 1.82) is 0 Å². The highest BCUT2D eigenvalue weighted by molar-refractivity contribution is 9.10. The minimum Gasteiger partial charge on any atom is -0.321 e. The van der Waals surface area contributed by atoms with Gasteiger partial charge in [0.05, 0.1) is 0 Å². The van der Waals surface area contributed by atoms with E-state index in [1.54, 1.807) is 0 Å². The highest BCUT2D eigenvalue weighted by Crippen LogP contribution is 2.33. The second-order valence-electron chi connectivity index (χ2n) is 4.61. The zero-order valence-corrected chi connectivity index (χ0v) is 12.0. The van der Waals surface area contributed by atoms with Gasteiger partial charge < -0.3 is 5.32 Å². The molecule has 2 nitrogen and oxygen atoms in total. The number of carbonyl (C=O) groups excluding carboxylic acids is 1. The third-order valence-corrected chi connectivity index (χ3v) is 3.67. The Morgan fingerprint density at radius 1 is 1.11 bits per heavy atom. The summed E-state index contributed by atoms with van der Waals surface area (Å²) in [7, 11) is 0. The van der Waals surface area contributed by atoms with Crippen LogP contribution in [0.15, 0.2) is 46.9 Å². The van der Waals surface area contributed by atoms with Gasteiger partial charge in [0.1, 0.15) is 0 Å². The lowest BCUT2D eigenvalue weighted by atomic mass is 10.0. The summed E-state index contributed by atoms with van der Waals surface area (Å²) in [4.78, 5) is 12.0. The second kappa shape index (κ2) is 4.67. The zero-order chi connectivity index (χ0) is 13.4. The van der Waals surface area contributed by atoms with Crippen molar-refractivity contribution in [2.45, 2.75) is 6.92 Å². The van der Waals surface area contributed by atoms with Gasteiger partial charge >= 0.3 is 0 Å². The Hall–Kier alpha value is -1.87. The molecule has 0 aromatic heterocycles. The predicted molar refractivity (Wildman–Crippen MR) is 81.8 cm³/mol. The molecule has 0 aliphatic carbocycles. The molecular formula is C16H12BrNO. The lowest BCUT2D eigenvalue weighted by Crippen LogP contribution is -2.03. The molecular weight excluding hydrogens is 302 g/mol. The van der Waals surface area contributed by atoms with Crippen molar-refractivity contribution in [1.82, 2.24) is 0 Å². The monoisotopic (exact) mass is 313 g/mol. The summed E-state index contributed by atoms with van der Waals surface area (Å²) in [5.74, 6) is -0.0384. The molecule has 0 unspecified atom stereocenters. The number of rotatable bonds is 1. The van der Waals surface area contributed by atoms with E-state index in [0.29, 0.717) is 0 Å². The first-order valence-corrected chi connectivity index (χ1v) is 6.82. The van der Waals surface area contributed by atoms with E-state index >= 15 is 0 Å². The summed E-state index contributed by atoms with van der Waals surface area (Å²) in [5.41, 5.74) is 4.76. The number of halogens is 1. The maximum atomic E-state index is 12.0. The first-order chi connectivity index (χ1) is 9.13. The highest BCUT2D eigenvalue weighted by Gasteiger charge is 2.23. The van der Waals surface area contributed by atoms with Crippen molar-refractivity contribution < 1.29 is 4.79 Å². The number of nitrogens with one attached hydrogen (secondary N) is 1. The van der Waals surface area contributed by atoms with Crippen LogP contribution in [0.1, 0.15) is 16.7 Å². The Labute approximate surface area is 120 Å². The number of carbonyl (C=O) groups is 1. The van der Waals surface area contributed by atoms with Crippen molar-refractivity contribution in [2.75, 3.05) is 5.32 Å². The molecule has 94 valence electrons. The fourth-order valence-corrected chi connectivity index (χ4v) is 2.44. The van der Waals surface area contributed by atoms with Crippen LogP contribution in [-0.2, 0) is 4.79 Å². The molecule has 0 fully saturated rings. The summed E-state index contributed by atoms with van der Waals surface area (Å²) >= 11 is 3.41. The average Bonchev–Trinajstić information content (AvgIpc) is 2.69. The highest BCUT2D eigenvalue weighted by atomic mass is 79.9. The van der Waals surface area contributed by atoms with E-state index in [1.807, 2.05) is 55.5 Å². The van der Waals surface area contributed by atoms with Crippen LogP contribution in [0, 0.1) is 6.92 Å². The smallest absolute Gasteiger partial charge is 0.256 e. The van der Waals surface area contributed by atoms with Crippen LogP contribution < -0.4 is 5.32 Å². The van der Waals surface area contributed by atoms with Gasteiger partial charge in [-0.3, -0.25) is 4.79 Å². The molecule has 1 N–H and O–H groups in total. The van der Waals surface area contributed by atoms with Crippen LogP contribution in [0.25, 0.3) is 11.6 Å². The Kier molecular flexibility index (Phi) is 2.99. The van der Waals surface area contributed by atoms with Crippen LogP contribution in [0.3, 0.4) is 0 Å². The standard InChI is InChI=1S/C16H12BrNO/c1-10-2-7-15-13(8-10)14(16(19)18-15)9-11-3-5-12(17)6-4-11/h2-9H,1H3,(H,18,19)/b14-9-. The molecule has 0 bridgehead atoms. The second-order valence-corrected chi connectivity index (χ2v) is 5.53. The minimum absolute atomic E-state index is 0.0384. The minimum atomic E-state index is -0.0384. The van der Waals surface area contributed by atoms with E-state index in [9.17, 15) is 4.79 Å². The Bertz CT molecular complexity index is 686. The molecule has 0 radical (unpaired) electrons. The van der Waals surface area contributed by atoms with Gasteiger partial charge in [0.25, 0.3) is 5.91 Å². The lowest BCUT2D eigenvalue weighted by molar-refractivity contribution is -0.110. The molecule has 0 spiro atoms. The number of hydrogen-bond acceptors (Lipinski definition) is 1. The lowest BCUT2D eigenvalue weighted by Gasteiger charge is -2.00. The molecule has 2 aromatic rings. The molecule has 1 aliphatic heterocycles. The largest absolute Gasteiger partial charge is 0.321 e. The molecule has 0 saturated heterocycles. The fraction of sp³-hybridized carbons (Fsp3) is 0.0625. The maximum Gasteiger partial charge on any atom is 0.256 e. The van der Waals surface area contributed by atoms with Gasteiger partial charge in [-0.25, -0.2) is 0 Å². The summed E-state index contributed by atoms with van der Waals surface area (Å²) in [6, 6.07) is 13.9. The number of benzene rings is 2. The fourth-order valence-electron chi connectivity index (χ4n) is 2.17. The predicted octanol–water partition coefficient (Wildman–Crippen LogP) is 4.25. The average molecular weight is 314 g/mol. The van der Waals surface area contributed by atoms with Gasteiger partial charge in [-0.05, 0) is 42.8 Å². The quantitative estimate of drug-likeness (QED) is 0.783. The summed E-state index contributed by atoms with van der Waals surface area (Å²) in [5, 5.41) is 2.89. The topological polar surface area (TPSA) is 29.1 Å². The molecule has 19 heavy (non-hydrogen) atoms. The van der Waals surface area contributed by atoms with Crippen LogP contribution in [0.5, 0.6) is 0 Å². The van der Waals surface area contributed by atoms with Crippen LogP contribution >= 0.6 is 15.9 Å². The van der Waals surface area contributed by atoms with Crippen LogP contribution in [-0.4, -0.2) is 5.91 Å². The SMILES string of the molecule is Cc1ccc2c(c1)/C(=C/c1ccc(Br)cc1)C(=O)N2. The van der Waals surface area contributed by atoms with Crippen molar-refractivity contribution in [3.05, 3.63) is 63.6 Å². The van der Waals surface area contributed by atoms with Crippen LogP contribution in [0.2, 0.25) is 0 Å². The zero-order valence-electron chi connectivity index (χ0n) is 10.4. The number of amides is 1. The summed E-state index contributed by atoms with van der Waals surface area (Å²) < 4.78 is 1.03. The van der Waals surface area contributed by atoms with E-state index in [-0.39, 0.29) is 5.91 Å². The number of aryl methyl sites for hydroxylation is 1. The van der Waals surface area contributed by atoms with Gasteiger partial charge in [0.15, 0.2) is 0 Å². The van der Waals surface area contributed by atoms with E-state index in [1.165, 1.54) is 0 Å². The number of fused-ring (bicyclic) bond motifs is 1. The Balaban J connectivity index is 2.08. The molecule has 0 saturated carbocycles. The van der Waals surface area contributed by atoms with Crippen molar-refractivity contribution in [3.63, 3.8) is 0 Å².